The van der Waals surface area contributed by atoms with Crippen molar-refractivity contribution in [1.29, 1.82) is 0 Å². The molecule has 7 nitrogen and oxygen atoms in total. The molecule has 0 saturated heterocycles. The number of ether oxygens (including phenoxy) is 4. The number of rotatable bonds is 7. The van der Waals surface area contributed by atoms with E-state index < -0.39 is 5.91 Å². The molecule has 30 heavy (non-hydrogen) atoms. The van der Waals surface area contributed by atoms with Crippen molar-refractivity contribution in [1.82, 2.24) is 4.57 Å². The van der Waals surface area contributed by atoms with Crippen LogP contribution in [0.3, 0.4) is 0 Å². The van der Waals surface area contributed by atoms with Gasteiger partial charge in [-0.25, -0.2) is 0 Å². The third kappa shape index (κ3) is 4.11. The molecule has 8 heteroatoms. The standard InChI is InChI=1S/C22H22N2O5S/c1-6-10-24-16-9-8-15(29-7-2)13-19(16)30-22(24)23-21(25)14-11-17(26-3)20(28-5)18(12-14)27-4/h1,8-9,11-13H,7,10H2,2-5H3. The van der Waals surface area contributed by atoms with Gasteiger partial charge in [-0.15, -0.1) is 6.42 Å². The number of aromatic nitrogens is 1. The van der Waals surface area contributed by atoms with Crippen LogP contribution in [0.2, 0.25) is 0 Å². The summed E-state index contributed by atoms with van der Waals surface area (Å²) in [4.78, 5) is 17.8. The van der Waals surface area contributed by atoms with E-state index in [-0.39, 0.29) is 6.54 Å². The SMILES string of the molecule is C#CCn1c(=NC(=O)c2cc(OC)c(OC)c(OC)c2)sc2cc(OCC)ccc21. The van der Waals surface area contributed by atoms with Gasteiger partial charge < -0.3 is 23.5 Å². The van der Waals surface area contributed by atoms with Crippen LogP contribution in [0.1, 0.15) is 17.3 Å². The number of nitrogens with zero attached hydrogens (tertiary/aromatic N) is 2. The zero-order chi connectivity index (χ0) is 21.7. The molecule has 1 amide bonds. The molecule has 0 aliphatic heterocycles. The van der Waals surface area contributed by atoms with Gasteiger partial charge in [0, 0.05) is 5.56 Å². The van der Waals surface area contributed by atoms with Gasteiger partial charge in [0.05, 0.1) is 44.7 Å². The zero-order valence-corrected chi connectivity index (χ0v) is 18.0. The molecule has 1 aromatic heterocycles. The predicted octanol–water partition coefficient (Wildman–Crippen LogP) is 3.50. The molecule has 1 heterocycles. The maximum Gasteiger partial charge on any atom is 0.279 e. The Morgan fingerprint density at radius 2 is 1.83 bits per heavy atom. The van der Waals surface area contributed by atoms with Crippen LogP contribution in [0, 0.1) is 12.3 Å². The molecule has 3 rings (SSSR count). The van der Waals surface area contributed by atoms with Gasteiger partial charge in [-0.3, -0.25) is 4.79 Å². The van der Waals surface area contributed by atoms with E-state index in [2.05, 4.69) is 10.9 Å². The van der Waals surface area contributed by atoms with Crippen LogP contribution < -0.4 is 23.7 Å². The maximum absolute atomic E-state index is 13.0. The average molecular weight is 426 g/mol. The first-order valence-electron chi connectivity index (χ1n) is 9.15. The van der Waals surface area contributed by atoms with Crippen LogP contribution >= 0.6 is 11.3 Å². The lowest BCUT2D eigenvalue weighted by atomic mass is 10.1. The largest absolute Gasteiger partial charge is 0.494 e. The van der Waals surface area contributed by atoms with Crippen molar-refractivity contribution < 1.29 is 23.7 Å². The van der Waals surface area contributed by atoms with E-state index in [1.807, 2.05) is 29.7 Å². The number of methoxy groups -OCH3 is 3. The summed E-state index contributed by atoms with van der Waals surface area (Å²) in [5.74, 6) is 4.09. The first-order valence-corrected chi connectivity index (χ1v) is 9.96. The number of carbonyl (C=O) groups excluding carboxylic acids is 1. The van der Waals surface area contributed by atoms with E-state index in [9.17, 15) is 4.79 Å². The van der Waals surface area contributed by atoms with Gasteiger partial charge >= 0.3 is 0 Å². The lowest BCUT2D eigenvalue weighted by Crippen LogP contribution is -2.16. The van der Waals surface area contributed by atoms with Crippen molar-refractivity contribution in [2.24, 2.45) is 4.99 Å². The topological polar surface area (TPSA) is 71.3 Å². The second-order valence-electron chi connectivity index (χ2n) is 6.07. The van der Waals surface area contributed by atoms with E-state index in [4.69, 9.17) is 25.4 Å². The fourth-order valence-corrected chi connectivity index (χ4v) is 4.05. The van der Waals surface area contributed by atoms with E-state index in [1.165, 1.54) is 32.7 Å². The Hall–Kier alpha value is -3.44. The normalized spacial score (nSPS) is 11.2. The number of hydrogen-bond acceptors (Lipinski definition) is 6. The summed E-state index contributed by atoms with van der Waals surface area (Å²) in [6.45, 7) is 2.78. The number of hydrogen-bond donors (Lipinski definition) is 0. The van der Waals surface area contributed by atoms with Crippen molar-refractivity contribution >= 4 is 27.5 Å². The minimum absolute atomic E-state index is 0.287. The molecule has 0 fully saturated rings. The molecule has 0 atom stereocenters. The molecule has 0 N–H and O–H groups in total. The van der Waals surface area contributed by atoms with Gasteiger partial charge in [0.2, 0.25) is 5.75 Å². The molecule has 156 valence electrons. The minimum Gasteiger partial charge on any atom is -0.494 e. The van der Waals surface area contributed by atoms with Gasteiger partial charge in [0.25, 0.3) is 5.91 Å². The third-order valence-corrected chi connectivity index (χ3v) is 5.36. The quantitative estimate of drug-likeness (QED) is 0.541. The maximum atomic E-state index is 13.0. The summed E-state index contributed by atoms with van der Waals surface area (Å²) in [5.41, 5.74) is 1.20. The van der Waals surface area contributed by atoms with Crippen LogP contribution in [-0.2, 0) is 6.54 Å². The van der Waals surface area contributed by atoms with Gasteiger partial charge in [-0.1, -0.05) is 17.3 Å². The highest BCUT2D eigenvalue weighted by Gasteiger charge is 2.17. The number of fused-ring (bicyclic) bond motifs is 1. The van der Waals surface area contributed by atoms with E-state index in [1.54, 1.807) is 12.1 Å². The van der Waals surface area contributed by atoms with Gasteiger partial charge in [-0.05, 0) is 37.3 Å². The van der Waals surface area contributed by atoms with Gasteiger partial charge in [-0.2, -0.15) is 4.99 Å². The first-order chi connectivity index (χ1) is 14.6. The Labute approximate surface area is 178 Å². The third-order valence-electron chi connectivity index (χ3n) is 4.32. The van der Waals surface area contributed by atoms with E-state index in [0.29, 0.717) is 34.2 Å². The Morgan fingerprint density at radius 1 is 1.13 bits per heavy atom. The van der Waals surface area contributed by atoms with Crippen LogP contribution in [-0.4, -0.2) is 38.4 Å². The van der Waals surface area contributed by atoms with Crippen molar-refractivity contribution in [3.63, 3.8) is 0 Å². The average Bonchev–Trinajstić information content (AvgIpc) is 3.09. The molecule has 0 spiro atoms. The fraction of sp³-hybridized carbons (Fsp3) is 0.273. The Bertz CT molecular complexity index is 1160. The lowest BCUT2D eigenvalue weighted by Gasteiger charge is -2.12. The molecule has 0 radical (unpaired) electrons. The fourth-order valence-electron chi connectivity index (χ4n) is 3.00. The zero-order valence-electron chi connectivity index (χ0n) is 17.2. The highest BCUT2D eigenvalue weighted by molar-refractivity contribution is 7.16. The number of terminal acetylenes is 1. The Morgan fingerprint density at radius 3 is 2.40 bits per heavy atom. The van der Waals surface area contributed by atoms with Crippen LogP contribution in [0.15, 0.2) is 35.3 Å². The van der Waals surface area contributed by atoms with Crippen LogP contribution in [0.25, 0.3) is 10.2 Å². The summed E-state index contributed by atoms with van der Waals surface area (Å²) < 4.78 is 24.3. The molecular formula is C22H22N2O5S. The second-order valence-corrected chi connectivity index (χ2v) is 7.08. The van der Waals surface area contributed by atoms with Crippen molar-refractivity contribution in [2.45, 2.75) is 13.5 Å². The van der Waals surface area contributed by atoms with E-state index in [0.717, 1.165) is 16.0 Å². The van der Waals surface area contributed by atoms with Crippen molar-refractivity contribution in [2.75, 3.05) is 27.9 Å². The monoisotopic (exact) mass is 426 g/mol. The molecule has 2 aromatic carbocycles. The smallest absolute Gasteiger partial charge is 0.279 e. The summed E-state index contributed by atoms with van der Waals surface area (Å²) in [7, 11) is 4.49. The summed E-state index contributed by atoms with van der Waals surface area (Å²) >= 11 is 1.37. The first kappa shape index (κ1) is 21.3. The molecule has 0 aliphatic rings. The summed E-state index contributed by atoms with van der Waals surface area (Å²) in [6, 6.07) is 8.84. The van der Waals surface area contributed by atoms with Gasteiger partial charge in [0.1, 0.15) is 5.75 Å². The lowest BCUT2D eigenvalue weighted by molar-refractivity contribution is 0.0997. The molecule has 0 bridgehead atoms. The summed E-state index contributed by atoms with van der Waals surface area (Å²) in [5, 5.41) is 0. The number of carbonyl (C=O) groups is 1. The molecule has 0 unspecified atom stereocenters. The highest BCUT2D eigenvalue weighted by atomic mass is 32.1. The van der Waals surface area contributed by atoms with Crippen molar-refractivity contribution in [3.8, 4) is 35.3 Å². The molecular weight excluding hydrogens is 404 g/mol. The van der Waals surface area contributed by atoms with Crippen LogP contribution in [0.4, 0.5) is 0 Å². The second kappa shape index (κ2) is 9.37. The number of thiazole rings is 1. The van der Waals surface area contributed by atoms with Crippen LogP contribution in [0.5, 0.6) is 23.0 Å². The Kier molecular flexibility index (Phi) is 6.65. The van der Waals surface area contributed by atoms with Crippen molar-refractivity contribution in [3.05, 3.63) is 40.7 Å². The predicted molar refractivity (Wildman–Crippen MR) is 116 cm³/mol. The number of amides is 1. The van der Waals surface area contributed by atoms with Gasteiger partial charge in [0.15, 0.2) is 16.3 Å². The molecule has 0 aliphatic carbocycles. The van der Waals surface area contributed by atoms with E-state index >= 15 is 0 Å². The number of benzene rings is 2. The molecule has 0 saturated carbocycles. The summed E-state index contributed by atoms with van der Waals surface area (Å²) in [6.07, 6.45) is 5.54. The molecule has 3 aromatic rings. The minimum atomic E-state index is -0.448. The Balaban J connectivity index is 2.13. The highest BCUT2D eigenvalue weighted by Crippen LogP contribution is 2.38.